The highest BCUT2D eigenvalue weighted by Crippen LogP contribution is 1.74. The van der Waals surface area contributed by atoms with Crippen LogP contribution < -0.4 is 11.2 Å². The van der Waals surface area contributed by atoms with E-state index in [-0.39, 0.29) is 6.61 Å². The maximum Gasteiger partial charge on any atom is 0.245 e. The van der Waals surface area contributed by atoms with Crippen LogP contribution in [0.4, 0.5) is 0 Å². The molecule has 0 spiro atoms. The maximum absolute atomic E-state index is 10.2. The van der Waals surface area contributed by atoms with E-state index in [1.54, 1.807) is 7.11 Å². The topological polar surface area (TPSA) is 82.8 Å². The van der Waals surface area contributed by atoms with Gasteiger partial charge in [0.2, 0.25) is 5.91 Å². The minimum atomic E-state index is -0.507. The van der Waals surface area contributed by atoms with E-state index < -0.39 is 5.91 Å². The Morgan fingerprint density at radius 1 is 1.38 bits per heavy atom. The lowest BCUT2D eigenvalue weighted by Crippen LogP contribution is -2.27. The Morgan fingerprint density at radius 3 is 2.77 bits per heavy atom. The van der Waals surface area contributed by atoms with Crippen LogP contribution in [0.2, 0.25) is 0 Å². The fourth-order valence-electron chi connectivity index (χ4n) is 0.552. The van der Waals surface area contributed by atoms with Gasteiger partial charge in [-0.15, -0.1) is 0 Å². The molecule has 0 aromatic rings. The normalized spacial score (nSPS) is 10.2. The van der Waals surface area contributed by atoms with Crippen molar-refractivity contribution in [2.75, 3.05) is 40.1 Å². The van der Waals surface area contributed by atoms with Crippen LogP contribution in [0.15, 0.2) is 0 Å². The van der Waals surface area contributed by atoms with E-state index in [2.05, 4.69) is 10.3 Å². The van der Waals surface area contributed by atoms with Gasteiger partial charge in [0.05, 0.1) is 19.8 Å². The zero-order valence-corrected chi connectivity index (χ0v) is 7.75. The Bertz CT molecular complexity index is 132. The van der Waals surface area contributed by atoms with Crippen LogP contribution in [0.1, 0.15) is 0 Å². The monoisotopic (exact) mass is 192 g/mol. The number of nitrogens with one attached hydrogen (secondary N) is 1. The minimum absolute atomic E-state index is 0.127. The lowest BCUT2D eigenvalue weighted by molar-refractivity contribution is -0.125. The quantitative estimate of drug-likeness (QED) is 0.349. The number of hydrogen-bond acceptors (Lipinski definition) is 5. The molecule has 0 bridgehead atoms. The predicted octanol–water partition coefficient (Wildman–Crippen LogP) is -1.34. The van der Waals surface area contributed by atoms with Crippen molar-refractivity contribution in [2.24, 2.45) is 5.73 Å². The third-order valence-electron chi connectivity index (χ3n) is 1.10. The summed E-state index contributed by atoms with van der Waals surface area (Å²) in [6, 6.07) is 0. The standard InChI is InChI=1S/C7H16N2O4/c1-11-4-5-12-3-2-9-13-6-7(8)10/h9H,2-6H2,1H3,(H2,8,10). The van der Waals surface area contributed by atoms with Gasteiger partial charge in [-0.1, -0.05) is 0 Å². The van der Waals surface area contributed by atoms with E-state index in [4.69, 9.17) is 15.2 Å². The van der Waals surface area contributed by atoms with Gasteiger partial charge in [0.1, 0.15) is 6.61 Å². The molecule has 0 saturated heterocycles. The highest BCUT2D eigenvalue weighted by Gasteiger charge is 1.92. The first kappa shape index (κ1) is 12.3. The molecule has 0 aliphatic heterocycles. The summed E-state index contributed by atoms with van der Waals surface area (Å²) in [6.07, 6.45) is 0. The number of nitrogens with two attached hydrogens (primary N) is 1. The summed E-state index contributed by atoms with van der Waals surface area (Å²) in [4.78, 5) is 14.8. The summed E-state index contributed by atoms with van der Waals surface area (Å²) in [5.74, 6) is -0.507. The molecule has 0 unspecified atom stereocenters. The summed E-state index contributed by atoms with van der Waals surface area (Å²) in [5.41, 5.74) is 7.35. The van der Waals surface area contributed by atoms with Gasteiger partial charge in [-0.2, -0.15) is 5.48 Å². The average molecular weight is 192 g/mol. The molecule has 0 rings (SSSR count). The largest absolute Gasteiger partial charge is 0.382 e. The van der Waals surface area contributed by atoms with Gasteiger partial charge in [0, 0.05) is 13.7 Å². The van der Waals surface area contributed by atoms with Gasteiger partial charge in [0.25, 0.3) is 0 Å². The van der Waals surface area contributed by atoms with E-state index in [9.17, 15) is 4.79 Å². The molecule has 0 aliphatic rings. The molecule has 0 aromatic heterocycles. The molecule has 0 atom stereocenters. The number of carbonyl (C=O) groups excluding carboxylic acids is 1. The molecule has 0 saturated carbocycles. The molecule has 0 fully saturated rings. The zero-order chi connectivity index (χ0) is 9.94. The lowest BCUT2D eigenvalue weighted by atomic mass is 10.7. The van der Waals surface area contributed by atoms with Crippen LogP contribution >= 0.6 is 0 Å². The molecule has 0 aliphatic carbocycles. The highest BCUT2D eigenvalue weighted by atomic mass is 16.6. The van der Waals surface area contributed by atoms with E-state index in [0.29, 0.717) is 26.4 Å². The first-order valence-electron chi connectivity index (χ1n) is 3.97. The van der Waals surface area contributed by atoms with Gasteiger partial charge in [0.15, 0.2) is 0 Å². The van der Waals surface area contributed by atoms with E-state index >= 15 is 0 Å². The molecule has 0 heterocycles. The fraction of sp³-hybridized carbons (Fsp3) is 0.857. The summed E-state index contributed by atoms with van der Waals surface area (Å²) in [6.45, 7) is 2.01. The van der Waals surface area contributed by atoms with E-state index in [1.807, 2.05) is 0 Å². The second kappa shape index (κ2) is 9.40. The first-order valence-corrected chi connectivity index (χ1v) is 3.97. The van der Waals surface area contributed by atoms with Gasteiger partial charge < -0.3 is 15.2 Å². The number of methoxy groups -OCH3 is 1. The smallest absolute Gasteiger partial charge is 0.245 e. The summed E-state index contributed by atoms with van der Waals surface area (Å²) < 4.78 is 9.86. The number of rotatable bonds is 9. The molecule has 6 heteroatoms. The number of ether oxygens (including phenoxy) is 2. The molecular weight excluding hydrogens is 176 g/mol. The highest BCUT2D eigenvalue weighted by molar-refractivity contribution is 5.74. The van der Waals surface area contributed by atoms with Gasteiger partial charge in [-0.05, 0) is 0 Å². The summed E-state index contributed by atoms with van der Waals surface area (Å²) in [5, 5.41) is 0. The summed E-state index contributed by atoms with van der Waals surface area (Å²) in [7, 11) is 1.61. The Morgan fingerprint density at radius 2 is 2.15 bits per heavy atom. The van der Waals surface area contributed by atoms with Crippen molar-refractivity contribution >= 4 is 5.91 Å². The van der Waals surface area contributed by atoms with Gasteiger partial charge in [-0.25, -0.2) is 0 Å². The summed E-state index contributed by atoms with van der Waals surface area (Å²) >= 11 is 0. The Kier molecular flexibility index (Phi) is 8.90. The minimum Gasteiger partial charge on any atom is -0.382 e. The maximum atomic E-state index is 10.2. The Balaban J connectivity index is 2.87. The van der Waals surface area contributed by atoms with E-state index in [1.165, 1.54) is 0 Å². The van der Waals surface area contributed by atoms with Crippen LogP contribution in [0, 0.1) is 0 Å². The number of hydrogen-bond donors (Lipinski definition) is 2. The lowest BCUT2D eigenvalue weighted by Gasteiger charge is -2.04. The van der Waals surface area contributed by atoms with Crippen LogP contribution in [-0.2, 0) is 19.1 Å². The number of amides is 1. The molecule has 78 valence electrons. The fourth-order valence-corrected chi connectivity index (χ4v) is 0.552. The molecule has 0 aromatic carbocycles. The van der Waals surface area contributed by atoms with Crippen molar-refractivity contribution < 1.29 is 19.1 Å². The van der Waals surface area contributed by atoms with Crippen molar-refractivity contribution in [3.05, 3.63) is 0 Å². The van der Waals surface area contributed by atoms with Crippen molar-refractivity contribution in [3.63, 3.8) is 0 Å². The SMILES string of the molecule is COCCOCCNOCC(N)=O. The molecule has 3 N–H and O–H groups in total. The molecular formula is C7H16N2O4. The zero-order valence-electron chi connectivity index (χ0n) is 7.75. The van der Waals surface area contributed by atoms with Crippen LogP contribution in [0.3, 0.4) is 0 Å². The number of primary amides is 1. The van der Waals surface area contributed by atoms with Crippen LogP contribution in [-0.4, -0.2) is 46.0 Å². The molecule has 13 heavy (non-hydrogen) atoms. The van der Waals surface area contributed by atoms with Crippen molar-refractivity contribution in [3.8, 4) is 0 Å². The van der Waals surface area contributed by atoms with E-state index in [0.717, 1.165) is 0 Å². The first-order chi connectivity index (χ1) is 6.27. The van der Waals surface area contributed by atoms with Gasteiger partial charge >= 0.3 is 0 Å². The van der Waals surface area contributed by atoms with Crippen LogP contribution in [0.25, 0.3) is 0 Å². The number of hydroxylamine groups is 1. The van der Waals surface area contributed by atoms with Crippen molar-refractivity contribution in [2.45, 2.75) is 0 Å². The third-order valence-corrected chi connectivity index (χ3v) is 1.10. The molecule has 0 radical (unpaired) electrons. The second-order valence-electron chi connectivity index (χ2n) is 2.25. The molecule has 1 amide bonds. The Labute approximate surface area is 77.3 Å². The number of carbonyl (C=O) groups is 1. The third kappa shape index (κ3) is 11.3. The second-order valence-corrected chi connectivity index (χ2v) is 2.25. The van der Waals surface area contributed by atoms with Crippen molar-refractivity contribution in [1.82, 2.24) is 5.48 Å². The average Bonchev–Trinajstić information content (AvgIpc) is 2.09. The predicted molar refractivity (Wildman–Crippen MR) is 45.8 cm³/mol. The Hall–Kier alpha value is -0.690. The van der Waals surface area contributed by atoms with Gasteiger partial charge in [-0.3, -0.25) is 9.63 Å². The van der Waals surface area contributed by atoms with Crippen LogP contribution in [0.5, 0.6) is 0 Å². The van der Waals surface area contributed by atoms with Crippen molar-refractivity contribution in [1.29, 1.82) is 0 Å². The molecule has 6 nitrogen and oxygen atoms in total.